The van der Waals surface area contributed by atoms with Crippen LogP contribution in [-0.4, -0.2) is 87.5 Å². The topological polar surface area (TPSA) is 230 Å². The van der Waals surface area contributed by atoms with Crippen molar-refractivity contribution in [3.05, 3.63) is 65.7 Å². The minimum atomic E-state index is -0.652. The zero-order chi connectivity index (χ0) is 41.1. The number of hydrogen-bond donors (Lipinski definition) is 6. The lowest BCUT2D eigenvalue weighted by Gasteiger charge is -2.34. The number of methoxy groups -OCH3 is 4. The number of amides is 2. The fourth-order valence-corrected chi connectivity index (χ4v) is 6.62. The molecule has 298 valence electrons. The van der Waals surface area contributed by atoms with Gasteiger partial charge in [-0.25, -0.2) is 23.4 Å². The van der Waals surface area contributed by atoms with Gasteiger partial charge >= 0.3 is 5.97 Å². The molecule has 6 rings (SSSR count). The third-order valence-electron chi connectivity index (χ3n) is 8.57. The summed E-state index contributed by atoms with van der Waals surface area (Å²) in [5, 5.41) is 12.5. The first-order valence-electron chi connectivity index (χ1n) is 17.4. The number of carbonyl (C=O) groups excluding carboxylic acids is 3. The van der Waals surface area contributed by atoms with Gasteiger partial charge in [0.15, 0.2) is 22.9 Å². The number of primary amides is 2. The van der Waals surface area contributed by atoms with Gasteiger partial charge in [-0.05, 0) is 49.9 Å². The number of hydrogen-bond acceptors (Lipinski definition) is 11. The van der Waals surface area contributed by atoms with Gasteiger partial charge in [0.25, 0.3) is 11.8 Å². The molecule has 0 unspecified atom stereocenters. The first-order chi connectivity index (χ1) is 26.4. The molecule has 0 radical (unpaired) electrons. The molecule has 4 heterocycles. The van der Waals surface area contributed by atoms with Crippen LogP contribution in [0.25, 0.3) is 33.8 Å². The fraction of sp³-hybridized carbons (Fsp3) is 0.342. The number of aromatic nitrogens is 6. The molecule has 0 saturated carbocycles. The van der Waals surface area contributed by atoms with E-state index in [1.54, 1.807) is 35.0 Å². The Morgan fingerprint density at radius 1 is 0.786 bits per heavy atom. The van der Waals surface area contributed by atoms with Crippen molar-refractivity contribution >= 4 is 40.7 Å². The van der Waals surface area contributed by atoms with Crippen molar-refractivity contribution in [2.75, 3.05) is 45.6 Å². The molecule has 56 heavy (non-hydrogen) atoms. The molecule has 4 aromatic heterocycles. The van der Waals surface area contributed by atoms with Crippen LogP contribution in [0.4, 0.5) is 16.0 Å². The normalized spacial score (nSPS) is 11.5. The van der Waals surface area contributed by atoms with Crippen molar-refractivity contribution in [2.24, 2.45) is 16.9 Å². The zero-order valence-electron chi connectivity index (χ0n) is 32.7. The van der Waals surface area contributed by atoms with Crippen molar-refractivity contribution < 1.29 is 37.7 Å². The van der Waals surface area contributed by atoms with E-state index in [1.807, 2.05) is 0 Å². The molecule has 2 aromatic carbocycles. The minimum absolute atomic E-state index is 0.116. The highest BCUT2D eigenvalue weighted by Crippen LogP contribution is 2.44. The molecule has 0 spiro atoms. The van der Waals surface area contributed by atoms with Crippen molar-refractivity contribution in [2.45, 2.75) is 46.6 Å². The maximum atomic E-state index is 13.4. The van der Waals surface area contributed by atoms with E-state index in [4.69, 9.17) is 25.7 Å². The number of halogens is 1. The van der Waals surface area contributed by atoms with Crippen LogP contribution < -0.4 is 36.3 Å². The summed E-state index contributed by atoms with van der Waals surface area (Å²) in [4.78, 5) is 44.3. The number of anilines is 2. The van der Waals surface area contributed by atoms with Gasteiger partial charge in [-0.15, -0.1) is 0 Å². The molecule has 0 aliphatic carbocycles. The third kappa shape index (κ3) is 8.48. The van der Waals surface area contributed by atoms with E-state index >= 15 is 0 Å². The number of ether oxygens (including phenoxy) is 4. The monoisotopic (exact) mass is 774 g/mol. The molecule has 0 fully saturated rings. The van der Waals surface area contributed by atoms with Gasteiger partial charge in [-0.3, -0.25) is 24.6 Å². The average Bonchev–Trinajstić information content (AvgIpc) is 3.91. The van der Waals surface area contributed by atoms with Crippen molar-refractivity contribution in [1.82, 2.24) is 29.2 Å². The fourth-order valence-electron chi connectivity index (χ4n) is 6.62. The van der Waals surface area contributed by atoms with Gasteiger partial charge in [0, 0.05) is 35.6 Å². The van der Waals surface area contributed by atoms with Gasteiger partial charge in [0.05, 0.1) is 34.0 Å². The molecule has 0 aliphatic heterocycles. The Labute approximate surface area is 321 Å². The number of aromatic amines is 2. The SMILES string of the molecule is CC(C)(C)CC(C)(C)Nc1c(-c2ccc(F)cc2)nc2c(C(N)=O)c[nH]n12.COC(=O)CNc1c(-c2c(OC)cc(OC)cc2OC)nc2c(C(N)=O)c[nH]n12. The summed E-state index contributed by atoms with van der Waals surface area (Å²) in [5.74, 6) is 0.447. The zero-order valence-corrected chi connectivity index (χ0v) is 32.7. The predicted molar refractivity (Wildman–Crippen MR) is 209 cm³/mol. The number of H-pyrrole nitrogens is 2. The maximum absolute atomic E-state index is 13.4. The largest absolute Gasteiger partial charge is 0.496 e. The van der Waals surface area contributed by atoms with E-state index in [2.05, 4.69) is 70.2 Å². The van der Waals surface area contributed by atoms with Crippen LogP contribution in [0, 0.1) is 11.2 Å². The molecule has 0 aliphatic rings. The van der Waals surface area contributed by atoms with Crippen LogP contribution in [0.5, 0.6) is 17.2 Å². The lowest BCUT2D eigenvalue weighted by molar-refractivity contribution is -0.138. The number of benzene rings is 2. The first kappa shape index (κ1) is 40.5. The Morgan fingerprint density at radius 3 is 1.77 bits per heavy atom. The van der Waals surface area contributed by atoms with Crippen LogP contribution in [0.1, 0.15) is 61.8 Å². The number of nitrogens with two attached hydrogens (primary N) is 2. The van der Waals surface area contributed by atoms with Crippen LogP contribution in [0.2, 0.25) is 0 Å². The molecule has 0 saturated heterocycles. The van der Waals surface area contributed by atoms with Gasteiger partial charge in [-0.1, -0.05) is 20.8 Å². The van der Waals surface area contributed by atoms with E-state index in [0.29, 0.717) is 57.0 Å². The Morgan fingerprint density at radius 2 is 1.30 bits per heavy atom. The lowest BCUT2D eigenvalue weighted by Crippen LogP contribution is -2.36. The third-order valence-corrected chi connectivity index (χ3v) is 8.57. The highest BCUT2D eigenvalue weighted by molar-refractivity contribution is 6.01. The Balaban J connectivity index is 0.000000215. The number of imidazole rings is 2. The van der Waals surface area contributed by atoms with Crippen LogP contribution in [0.15, 0.2) is 48.8 Å². The maximum Gasteiger partial charge on any atom is 0.325 e. The Bertz CT molecular complexity index is 2360. The summed E-state index contributed by atoms with van der Waals surface area (Å²) in [6.45, 7) is 10.6. The second-order valence-electron chi connectivity index (χ2n) is 14.6. The summed E-state index contributed by atoms with van der Waals surface area (Å²) in [6.07, 6.45) is 3.88. The smallest absolute Gasteiger partial charge is 0.325 e. The second-order valence-corrected chi connectivity index (χ2v) is 14.6. The molecule has 0 bridgehead atoms. The minimum Gasteiger partial charge on any atom is -0.496 e. The van der Waals surface area contributed by atoms with E-state index in [9.17, 15) is 18.8 Å². The van der Waals surface area contributed by atoms with Gasteiger partial charge < -0.3 is 41.0 Å². The van der Waals surface area contributed by atoms with Crippen LogP contribution in [-0.2, 0) is 9.53 Å². The summed E-state index contributed by atoms with van der Waals surface area (Å²) in [6, 6.07) is 9.46. The molecular weight excluding hydrogens is 727 g/mol. The molecule has 2 amide bonds. The highest BCUT2D eigenvalue weighted by Gasteiger charge is 2.30. The van der Waals surface area contributed by atoms with E-state index < -0.39 is 17.8 Å². The standard InChI is InChI=1S/C20H26FN5O.C18H21N5O6/c1-19(2,3)11-20(4,5)25-18-15(12-6-8-13(21)9-7-12)24-17-14(16(22)27)10-23-26(17)18;1-26-9-5-11(27-2)14(12(6-9)28-3)15-18(20-8-13(24)29-4)23-17(22-15)10(7-21-23)16(19)25/h6-10,23,25H,11H2,1-5H3,(H2,22,27);5-7,20-21H,8H2,1-4H3,(H2,19,25). The molecule has 8 N–H and O–H groups in total. The van der Waals surface area contributed by atoms with Crippen molar-refractivity contribution in [3.8, 4) is 39.8 Å². The van der Waals surface area contributed by atoms with Crippen molar-refractivity contribution in [1.29, 1.82) is 0 Å². The first-order valence-corrected chi connectivity index (χ1v) is 17.4. The van der Waals surface area contributed by atoms with Gasteiger partial charge in [-0.2, -0.15) is 0 Å². The predicted octanol–water partition coefficient (Wildman–Crippen LogP) is 5.23. The van der Waals surface area contributed by atoms with Gasteiger partial charge in [0.2, 0.25) is 0 Å². The lowest BCUT2D eigenvalue weighted by atomic mass is 9.82. The number of nitrogens with one attached hydrogen (secondary N) is 4. The highest BCUT2D eigenvalue weighted by atomic mass is 19.1. The van der Waals surface area contributed by atoms with Crippen molar-refractivity contribution in [3.63, 3.8) is 0 Å². The number of fused-ring (bicyclic) bond motifs is 2. The van der Waals surface area contributed by atoms with E-state index in [1.165, 1.54) is 51.3 Å². The van der Waals surface area contributed by atoms with E-state index in [0.717, 1.165) is 12.0 Å². The van der Waals surface area contributed by atoms with Gasteiger partial charge in [0.1, 0.15) is 52.1 Å². The number of esters is 1. The number of rotatable bonds is 13. The summed E-state index contributed by atoms with van der Waals surface area (Å²) in [7, 11) is 5.80. The Kier molecular flexibility index (Phi) is 11.5. The molecule has 0 atom stereocenters. The number of carbonyl (C=O) groups is 3. The molecule has 17 nitrogen and oxygen atoms in total. The van der Waals surface area contributed by atoms with Crippen LogP contribution >= 0.6 is 0 Å². The molecular formula is C38H47FN10O7. The summed E-state index contributed by atoms with van der Waals surface area (Å²) < 4.78 is 37.6. The molecule has 6 aromatic rings. The molecule has 18 heteroatoms. The van der Waals surface area contributed by atoms with Crippen LogP contribution in [0.3, 0.4) is 0 Å². The second kappa shape index (κ2) is 15.9. The van der Waals surface area contributed by atoms with E-state index in [-0.39, 0.29) is 34.5 Å². The quantitative estimate of drug-likeness (QED) is 0.0832. The Hall–Kier alpha value is -6.72. The number of nitrogens with zero attached hydrogens (tertiary/aromatic N) is 4. The average molecular weight is 775 g/mol. The summed E-state index contributed by atoms with van der Waals surface area (Å²) in [5.41, 5.74) is 14.2. The summed E-state index contributed by atoms with van der Waals surface area (Å²) >= 11 is 0.